The van der Waals surface area contributed by atoms with Crippen LogP contribution in [0.15, 0.2) is 36.4 Å². The van der Waals surface area contributed by atoms with Gasteiger partial charge in [-0.1, -0.05) is 16.9 Å². The Balaban J connectivity index is 1.61. The van der Waals surface area contributed by atoms with E-state index in [-0.39, 0.29) is 37.0 Å². The van der Waals surface area contributed by atoms with Crippen LogP contribution < -0.4 is 15.4 Å². The molecule has 3 aromatic rings. The first-order chi connectivity index (χ1) is 16.5. The molecule has 0 saturated carbocycles. The monoisotopic (exact) mass is 484 g/mol. The number of pyridine rings is 1. The fraction of sp³-hybridized carbons (Fsp3) is 0.348. The van der Waals surface area contributed by atoms with Gasteiger partial charge in [0.1, 0.15) is 23.7 Å². The van der Waals surface area contributed by atoms with Crippen molar-refractivity contribution in [2.45, 2.75) is 46.4 Å². The van der Waals surface area contributed by atoms with Crippen molar-refractivity contribution >= 4 is 17.8 Å². The molecule has 0 aliphatic rings. The maximum absolute atomic E-state index is 13.0. The van der Waals surface area contributed by atoms with E-state index in [2.05, 4.69) is 31.0 Å². The van der Waals surface area contributed by atoms with Gasteiger partial charge in [0.05, 0.1) is 10.7 Å². The molecule has 0 aliphatic heterocycles. The van der Waals surface area contributed by atoms with Crippen LogP contribution in [0, 0.1) is 12.7 Å². The number of carbonyl (C=O) groups excluding carboxylic acids is 3. The summed E-state index contributed by atoms with van der Waals surface area (Å²) in [6.45, 7) is 6.68. The highest BCUT2D eigenvalue weighted by molar-refractivity contribution is 5.93. The Morgan fingerprint density at radius 1 is 1.11 bits per heavy atom. The van der Waals surface area contributed by atoms with E-state index in [1.165, 1.54) is 23.0 Å². The predicted molar refractivity (Wildman–Crippen MR) is 121 cm³/mol. The molecule has 1 aromatic carbocycles. The highest BCUT2D eigenvalue weighted by atomic mass is 19.1. The van der Waals surface area contributed by atoms with Crippen molar-refractivity contribution in [2.75, 3.05) is 6.54 Å². The van der Waals surface area contributed by atoms with E-state index >= 15 is 0 Å². The van der Waals surface area contributed by atoms with E-state index in [0.717, 1.165) is 5.56 Å². The largest absolute Gasteiger partial charge is 0.459 e. The van der Waals surface area contributed by atoms with Gasteiger partial charge in [0.2, 0.25) is 6.54 Å². The van der Waals surface area contributed by atoms with Crippen molar-refractivity contribution < 1.29 is 28.3 Å². The molecule has 2 heterocycles. The molecular formula is C23H27FN7O4+. The zero-order valence-electron chi connectivity index (χ0n) is 19.9. The van der Waals surface area contributed by atoms with Crippen LogP contribution in [-0.4, -0.2) is 50.3 Å². The smallest absolute Gasteiger partial charge is 0.338 e. The standard InChI is InChI=1S/C23H26FN7O4/c1-14-9-16(10-18(27-14)22(34)26-11-15-5-7-17(24)8-6-15)21-28-30-31(29-21)13-19(32)25-12-20(33)35-23(2,3)4/h5-10H,11-13H2,1-4H3,(H2,25,26,32,34)/p+1. The van der Waals surface area contributed by atoms with E-state index < -0.39 is 23.4 Å². The third kappa shape index (κ3) is 7.95. The third-order valence-corrected chi connectivity index (χ3v) is 4.44. The second kappa shape index (κ2) is 10.8. The molecule has 0 unspecified atom stereocenters. The quantitative estimate of drug-likeness (QED) is 0.320. The predicted octanol–water partition coefficient (Wildman–Crippen LogP) is 0.990. The third-order valence-electron chi connectivity index (χ3n) is 4.44. The number of rotatable bonds is 8. The fourth-order valence-corrected chi connectivity index (χ4v) is 2.99. The normalized spacial score (nSPS) is 11.1. The molecule has 0 atom stereocenters. The van der Waals surface area contributed by atoms with Crippen LogP contribution in [0.1, 0.15) is 42.5 Å². The number of ether oxygens (including phenoxy) is 1. The zero-order chi connectivity index (χ0) is 25.6. The van der Waals surface area contributed by atoms with Gasteiger partial charge in [0.25, 0.3) is 11.8 Å². The second-order valence-electron chi connectivity index (χ2n) is 8.75. The molecule has 3 rings (SSSR count). The second-order valence-corrected chi connectivity index (χ2v) is 8.75. The number of aromatic amines is 1. The number of esters is 1. The van der Waals surface area contributed by atoms with Crippen molar-refractivity contribution in [3.8, 4) is 11.4 Å². The van der Waals surface area contributed by atoms with Crippen LogP contribution in [0.2, 0.25) is 0 Å². The average molecular weight is 485 g/mol. The summed E-state index contributed by atoms with van der Waals surface area (Å²) in [5, 5.41) is 16.1. The Labute approximate surface area is 201 Å². The van der Waals surface area contributed by atoms with E-state index in [1.54, 1.807) is 45.9 Å². The topological polar surface area (TPSA) is 143 Å². The molecule has 11 nitrogen and oxygen atoms in total. The summed E-state index contributed by atoms with van der Waals surface area (Å²) >= 11 is 0. The summed E-state index contributed by atoms with van der Waals surface area (Å²) < 4.78 is 18.2. The number of nitrogens with one attached hydrogen (secondary N) is 3. The van der Waals surface area contributed by atoms with Gasteiger partial charge < -0.3 is 15.4 Å². The number of hydrogen-bond acceptors (Lipinski definition) is 7. The Morgan fingerprint density at radius 2 is 1.83 bits per heavy atom. The molecule has 0 aliphatic carbocycles. The summed E-state index contributed by atoms with van der Waals surface area (Å²) in [7, 11) is 0. The van der Waals surface area contributed by atoms with Crippen molar-refractivity contribution in [1.29, 1.82) is 0 Å². The lowest BCUT2D eigenvalue weighted by molar-refractivity contribution is -0.794. The molecule has 0 radical (unpaired) electrons. The summed E-state index contributed by atoms with van der Waals surface area (Å²) in [5.41, 5.74) is 1.35. The first kappa shape index (κ1) is 25.4. The van der Waals surface area contributed by atoms with Crippen LogP contribution in [0.5, 0.6) is 0 Å². The number of H-pyrrole nitrogens is 1. The summed E-state index contributed by atoms with van der Waals surface area (Å²) in [5.74, 6) is -1.52. The summed E-state index contributed by atoms with van der Waals surface area (Å²) in [6, 6.07) is 9.04. The molecule has 3 N–H and O–H groups in total. The van der Waals surface area contributed by atoms with Crippen molar-refractivity contribution in [1.82, 2.24) is 31.0 Å². The highest BCUT2D eigenvalue weighted by Crippen LogP contribution is 2.15. The van der Waals surface area contributed by atoms with Crippen LogP contribution in [-0.2, 0) is 27.4 Å². The molecule has 0 fully saturated rings. The van der Waals surface area contributed by atoms with Crippen LogP contribution >= 0.6 is 0 Å². The lowest BCUT2D eigenvalue weighted by Gasteiger charge is -2.19. The molecule has 35 heavy (non-hydrogen) atoms. The Kier molecular flexibility index (Phi) is 7.84. The van der Waals surface area contributed by atoms with Gasteiger partial charge in [-0.3, -0.25) is 14.4 Å². The minimum absolute atomic E-state index is 0.161. The maximum atomic E-state index is 13.0. The number of hydrogen-bond donors (Lipinski definition) is 3. The number of benzene rings is 1. The first-order valence-corrected chi connectivity index (χ1v) is 10.8. The van der Waals surface area contributed by atoms with Gasteiger partial charge in [-0.15, -0.1) is 0 Å². The van der Waals surface area contributed by atoms with Crippen LogP contribution in [0.25, 0.3) is 11.4 Å². The van der Waals surface area contributed by atoms with Crippen molar-refractivity contribution in [2.24, 2.45) is 0 Å². The van der Waals surface area contributed by atoms with Crippen molar-refractivity contribution in [3.63, 3.8) is 0 Å². The Hall–Kier alpha value is -4.22. The van der Waals surface area contributed by atoms with Crippen LogP contribution in [0.3, 0.4) is 0 Å². The van der Waals surface area contributed by atoms with Crippen molar-refractivity contribution in [3.05, 3.63) is 59.2 Å². The maximum Gasteiger partial charge on any atom is 0.338 e. The number of carbonyl (C=O) groups is 3. The number of aromatic nitrogens is 5. The lowest BCUT2D eigenvalue weighted by Crippen LogP contribution is -2.48. The average Bonchev–Trinajstić information content (AvgIpc) is 3.24. The molecule has 184 valence electrons. The molecule has 12 heteroatoms. The number of halogens is 1. The number of tetrazole rings is 1. The van der Waals surface area contributed by atoms with E-state index in [1.807, 2.05) is 0 Å². The Morgan fingerprint density at radius 3 is 2.51 bits per heavy atom. The molecule has 2 amide bonds. The molecule has 0 spiro atoms. The van der Waals surface area contributed by atoms with Gasteiger partial charge in [0.15, 0.2) is 0 Å². The Bertz CT molecular complexity index is 1220. The minimum Gasteiger partial charge on any atom is -0.459 e. The van der Waals surface area contributed by atoms with Gasteiger partial charge >= 0.3 is 11.8 Å². The van der Waals surface area contributed by atoms with Crippen LogP contribution in [0.4, 0.5) is 4.39 Å². The number of amides is 2. The van der Waals surface area contributed by atoms with Gasteiger partial charge in [-0.2, -0.15) is 0 Å². The zero-order valence-corrected chi connectivity index (χ0v) is 19.9. The van der Waals surface area contributed by atoms with E-state index in [9.17, 15) is 18.8 Å². The van der Waals surface area contributed by atoms with Gasteiger partial charge in [-0.05, 0) is 67.8 Å². The molecule has 0 bridgehead atoms. The summed E-state index contributed by atoms with van der Waals surface area (Å²) in [6.07, 6.45) is 0. The van der Waals surface area contributed by atoms with Gasteiger partial charge in [0, 0.05) is 12.2 Å². The first-order valence-electron chi connectivity index (χ1n) is 10.8. The number of nitrogens with zero attached hydrogens (tertiary/aromatic N) is 4. The van der Waals surface area contributed by atoms with E-state index in [4.69, 9.17) is 4.74 Å². The highest BCUT2D eigenvalue weighted by Gasteiger charge is 2.21. The lowest BCUT2D eigenvalue weighted by atomic mass is 10.1. The minimum atomic E-state index is -0.643. The fourth-order valence-electron chi connectivity index (χ4n) is 2.99. The number of aryl methyl sites for hydroxylation is 1. The van der Waals surface area contributed by atoms with Gasteiger partial charge in [-0.25, -0.2) is 9.37 Å². The molecule has 0 saturated heterocycles. The summed E-state index contributed by atoms with van der Waals surface area (Å²) in [4.78, 5) is 41.9. The molecular weight excluding hydrogens is 457 g/mol. The SMILES string of the molecule is Cc1cc(-c2n[nH][n+](CC(=O)NCC(=O)OC(C)(C)C)n2)cc(C(=O)NCc2ccc(F)cc2)n1. The van der Waals surface area contributed by atoms with E-state index in [0.29, 0.717) is 11.3 Å². The molecule has 2 aromatic heterocycles.